The maximum absolute atomic E-state index is 12.3. The Balaban J connectivity index is 2.26. The molecular formula is C12H15BrO3. The Morgan fingerprint density at radius 1 is 1.31 bits per heavy atom. The second kappa shape index (κ2) is 4.34. The number of carbonyl (C=O) groups is 1. The van der Waals surface area contributed by atoms with E-state index in [1.807, 2.05) is 20.8 Å². The predicted molar refractivity (Wildman–Crippen MR) is 63.4 cm³/mol. The molecule has 88 valence electrons. The van der Waals surface area contributed by atoms with Crippen LogP contribution in [0.15, 0.2) is 21.2 Å². The van der Waals surface area contributed by atoms with Gasteiger partial charge in [0.15, 0.2) is 5.76 Å². The molecule has 16 heavy (non-hydrogen) atoms. The van der Waals surface area contributed by atoms with Gasteiger partial charge in [-0.25, -0.2) is 0 Å². The van der Waals surface area contributed by atoms with Crippen LogP contribution in [0, 0.1) is 11.8 Å². The first-order valence-electron chi connectivity index (χ1n) is 5.45. The zero-order chi connectivity index (χ0) is 11.9. The van der Waals surface area contributed by atoms with Crippen molar-refractivity contribution in [3.8, 4) is 0 Å². The zero-order valence-electron chi connectivity index (χ0n) is 9.57. The number of ether oxygens (including phenoxy) is 1. The van der Waals surface area contributed by atoms with Gasteiger partial charge in [-0.05, 0) is 41.8 Å². The lowest BCUT2D eigenvalue weighted by atomic mass is 9.85. The third kappa shape index (κ3) is 1.84. The van der Waals surface area contributed by atoms with E-state index in [0.29, 0.717) is 5.76 Å². The first-order valence-corrected chi connectivity index (χ1v) is 6.24. The van der Waals surface area contributed by atoms with E-state index in [1.54, 1.807) is 6.07 Å². The van der Waals surface area contributed by atoms with Gasteiger partial charge in [-0.2, -0.15) is 0 Å². The highest BCUT2D eigenvalue weighted by molar-refractivity contribution is 9.10. The quantitative estimate of drug-likeness (QED) is 0.784. The second-order valence-electron chi connectivity index (χ2n) is 4.39. The number of carbonyl (C=O) groups excluding carboxylic acids is 1. The van der Waals surface area contributed by atoms with Crippen molar-refractivity contribution in [1.29, 1.82) is 0 Å². The summed E-state index contributed by atoms with van der Waals surface area (Å²) >= 11 is 3.31. The molecule has 0 bridgehead atoms. The van der Waals surface area contributed by atoms with Gasteiger partial charge in [0, 0.05) is 0 Å². The third-order valence-electron chi connectivity index (χ3n) is 3.39. The molecular weight excluding hydrogens is 272 g/mol. The average Bonchev–Trinajstić information content (AvgIpc) is 2.73. The number of Topliss-reactive ketones (excluding diaryl/α,β-unsaturated/α-hetero) is 1. The molecule has 3 nitrogen and oxygen atoms in total. The fourth-order valence-electron chi connectivity index (χ4n) is 2.34. The highest BCUT2D eigenvalue weighted by atomic mass is 79.9. The molecule has 4 unspecified atom stereocenters. The van der Waals surface area contributed by atoms with Crippen LogP contribution in [0.1, 0.15) is 31.3 Å². The van der Waals surface area contributed by atoms with Crippen molar-refractivity contribution < 1.29 is 13.9 Å². The van der Waals surface area contributed by atoms with Crippen LogP contribution in [-0.2, 0) is 4.74 Å². The minimum atomic E-state index is -0.113. The Morgan fingerprint density at radius 2 is 2.00 bits per heavy atom. The van der Waals surface area contributed by atoms with Gasteiger partial charge in [-0.1, -0.05) is 6.92 Å². The molecule has 1 aliphatic heterocycles. The van der Waals surface area contributed by atoms with Crippen molar-refractivity contribution >= 4 is 21.7 Å². The fourth-order valence-corrected chi connectivity index (χ4v) is 2.74. The highest BCUT2D eigenvalue weighted by Gasteiger charge is 2.43. The van der Waals surface area contributed by atoms with E-state index in [2.05, 4.69) is 15.9 Å². The molecule has 1 aromatic rings. The van der Waals surface area contributed by atoms with E-state index in [0.717, 1.165) is 4.47 Å². The number of furan rings is 1. The molecule has 1 aliphatic rings. The molecule has 1 aromatic heterocycles. The molecule has 4 atom stereocenters. The zero-order valence-corrected chi connectivity index (χ0v) is 11.2. The summed E-state index contributed by atoms with van der Waals surface area (Å²) < 4.78 is 11.6. The normalized spacial score (nSPS) is 34.2. The lowest BCUT2D eigenvalue weighted by molar-refractivity contribution is 0.0484. The summed E-state index contributed by atoms with van der Waals surface area (Å²) in [5, 5.41) is 0. The number of halogens is 1. The third-order valence-corrected chi connectivity index (χ3v) is 4.01. The van der Waals surface area contributed by atoms with Crippen LogP contribution in [0.4, 0.5) is 0 Å². The highest BCUT2D eigenvalue weighted by Crippen LogP contribution is 2.35. The molecule has 0 aliphatic carbocycles. The van der Waals surface area contributed by atoms with Crippen LogP contribution in [-0.4, -0.2) is 18.0 Å². The van der Waals surface area contributed by atoms with E-state index >= 15 is 0 Å². The first-order chi connectivity index (χ1) is 7.52. The van der Waals surface area contributed by atoms with Gasteiger partial charge in [0.2, 0.25) is 5.78 Å². The molecule has 0 saturated carbocycles. The van der Waals surface area contributed by atoms with Gasteiger partial charge >= 0.3 is 0 Å². The van der Waals surface area contributed by atoms with Crippen LogP contribution in [0.2, 0.25) is 0 Å². The molecule has 0 radical (unpaired) electrons. The van der Waals surface area contributed by atoms with Crippen molar-refractivity contribution in [1.82, 2.24) is 0 Å². The second-order valence-corrected chi connectivity index (χ2v) is 5.25. The summed E-state index contributed by atoms with van der Waals surface area (Å²) in [7, 11) is 0. The summed E-state index contributed by atoms with van der Waals surface area (Å²) in [6, 6.07) is 1.74. The Bertz CT molecular complexity index is 399. The summed E-state index contributed by atoms with van der Waals surface area (Å²) in [5.74, 6) is 0.541. The van der Waals surface area contributed by atoms with Crippen LogP contribution < -0.4 is 0 Å². The minimum absolute atomic E-state index is 0.0289. The van der Waals surface area contributed by atoms with E-state index in [9.17, 15) is 4.79 Å². The van der Waals surface area contributed by atoms with E-state index in [1.165, 1.54) is 6.26 Å². The lowest BCUT2D eigenvalue weighted by Gasteiger charge is -2.15. The molecule has 0 amide bonds. The molecule has 0 aromatic carbocycles. The molecule has 0 N–H and O–H groups in total. The van der Waals surface area contributed by atoms with Gasteiger partial charge in [-0.15, -0.1) is 0 Å². The number of rotatable bonds is 2. The average molecular weight is 287 g/mol. The lowest BCUT2D eigenvalue weighted by Crippen LogP contribution is -2.26. The van der Waals surface area contributed by atoms with Crippen LogP contribution in [0.25, 0.3) is 0 Å². The van der Waals surface area contributed by atoms with E-state index < -0.39 is 0 Å². The van der Waals surface area contributed by atoms with Crippen LogP contribution >= 0.6 is 15.9 Å². The summed E-state index contributed by atoms with van der Waals surface area (Å²) in [5.41, 5.74) is 0. The van der Waals surface area contributed by atoms with Crippen molar-refractivity contribution in [3.05, 3.63) is 22.6 Å². The summed E-state index contributed by atoms with van der Waals surface area (Å²) in [6.45, 7) is 6.00. The van der Waals surface area contributed by atoms with Crippen LogP contribution in [0.3, 0.4) is 0 Å². The standard InChI is InChI=1S/C12H15BrO3/c1-6-7(2)16-8(3)10(6)11(14)12-9(13)4-5-15-12/h4-8,10H,1-3H3. The number of hydrogen-bond donors (Lipinski definition) is 0. The van der Waals surface area contributed by atoms with Gasteiger partial charge in [-0.3, -0.25) is 4.79 Å². The topological polar surface area (TPSA) is 39.4 Å². The molecule has 4 heteroatoms. The molecule has 1 saturated heterocycles. The SMILES string of the molecule is CC1OC(C)C(C(=O)c2occc2Br)C1C. The number of ketones is 1. The predicted octanol–water partition coefficient (Wildman–Crippen LogP) is 3.28. The Kier molecular flexibility index (Phi) is 3.22. The molecule has 2 rings (SSSR count). The van der Waals surface area contributed by atoms with Crippen LogP contribution in [0.5, 0.6) is 0 Å². The van der Waals surface area contributed by atoms with Crippen molar-refractivity contribution in [2.24, 2.45) is 11.8 Å². The fraction of sp³-hybridized carbons (Fsp3) is 0.583. The van der Waals surface area contributed by atoms with Crippen molar-refractivity contribution in [2.75, 3.05) is 0 Å². The molecule has 2 heterocycles. The molecule has 0 spiro atoms. The summed E-state index contributed by atoms with van der Waals surface area (Å²) in [6.07, 6.45) is 1.60. The first kappa shape index (κ1) is 11.9. The molecule has 1 fully saturated rings. The summed E-state index contributed by atoms with van der Waals surface area (Å²) in [4.78, 5) is 12.3. The maximum Gasteiger partial charge on any atom is 0.205 e. The minimum Gasteiger partial charge on any atom is -0.460 e. The smallest absolute Gasteiger partial charge is 0.205 e. The number of hydrogen-bond acceptors (Lipinski definition) is 3. The van der Waals surface area contributed by atoms with Crippen molar-refractivity contribution in [2.45, 2.75) is 33.0 Å². The van der Waals surface area contributed by atoms with Crippen molar-refractivity contribution in [3.63, 3.8) is 0 Å². The monoisotopic (exact) mass is 286 g/mol. The largest absolute Gasteiger partial charge is 0.460 e. The Labute approximate surface area is 103 Å². The van der Waals surface area contributed by atoms with Gasteiger partial charge in [0.1, 0.15) is 0 Å². The maximum atomic E-state index is 12.3. The van der Waals surface area contributed by atoms with Gasteiger partial charge in [0.05, 0.1) is 28.9 Å². The van der Waals surface area contributed by atoms with Gasteiger partial charge < -0.3 is 9.15 Å². The van der Waals surface area contributed by atoms with E-state index in [-0.39, 0.29) is 29.8 Å². The van der Waals surface area contributed by atoms with E-state index in [4.69, 9.17) is 9.15 Å². The van der Waals surface area contributed by atoms with Gasteiger partial charge in [0.25, 0.3) is 0 Å². The Hall–Kier alpha value is -0.610. The Morgan fingerprint density at radius 3 is 2.44 bits per heavy atom.